The molecule has 1 aromatic heterocycles. The van der Waals surface area contributed by atoms with Gasteiger partial charge in [0.25, 0.3) is 0 Å². The molecule has 0 aromatic carbocycles. The zero-order chi connectivity index (χ0) is 11.8. The highest BCUT2D eigenvalue weighted by Crippen LogP contribution is 2.29. The Morgan fingerprint density at radius 3 is 2.88 bits per heavy atom. The Hall–Kier alpha value is -1.13. The van der Waals surface area contributed by atoms with Crippen LogP contribution in [0.4, 0.5) is 5.82 Å². The fraction of sp³-hybridized carbons (Fsp3) is 0.583. The average Bonchev–Trinajstić information content (AvgIpc) is 2.59. The van der Waals surface area contributed by atoms with Crippen LogP contribution in [0.25, 0.3) is 0 Å². The summed E-state index contributed by atoms with van der Waals surface area (Å²) < 4.78 is 0. The van der Waals surface area contributed by atoms with Crippen molar-refractivity contribution < 1.29 is 10.2 Å². The van der Waals surface area contributed by atoms with Crippen LogP contribution in [0.15, 0.2) is 18.3 Å². The van der Waals surface area contributed by atoms with Crippen molar-refractivity contribution >= 4 is 5.82 Å². The summed E-state index contributed by atoms with van der Waals surface area (Å²) in [6.45, 7) is 4.92. The zero-order valence-electron chi connectivity index (χ0n) is 9.72. The molecule has 2 unspecified atom stereocenters. The second-order valence-electron chi connectivity index (χ2n) is 4.76. The summed E-state index contributed by atoms with van der Waals surface area (Å²) in [5.74, 6) is 0.787. The van der Waals surface area contributed by atoms with E-state index in [9.17, 15) is 10.2 Å². The molecule has 0 radical (unpaired) electrons. The fourth-order valence-corrected chi connectivity index (χ4v) is 2.13. The number of nitrogens with zero attached hydrogens (tertiary/aromatic N) is 2. The zero-order valence-corrected chi connectivity index (χ0v) is 9.72. The normalized spacial score (nSPS) is 27.1. The third-order valence-electron chi connectivity index (χ3n) is 3.02. The maximum absolute atomic E-state index is 9.92. The van der Waals surface area contributed by atoms with E-state index >= 15 is 0 Å². The molecule has 1 aliphatic heterocycles. The summed E-state index contributed by atoms with van der Waals surface area (Å²) in [5, 5.41) is 19.6. The predicted molar refractivity (Wildman–Crippen MR) is 62.3 cm³/mol. The van der Waals surface area contributed by atoms with Gasteiger partial charge in [-0.2, -0.15) is 0 Å². The summed E-state index contributed by atoms with van der Waals surface area (Å²) in [5.41, 5.74) is 0.174. The van der Waals surface area contributed by atoms with Gasteiger partial charge in [-0.25, -0.2) is 4.98 Å². The average molecular weight is 222 g/mol. The Balaban J connectivity index is 2.28. The van der Waals surface area contributed by atoms with Crippen molar-refractivity contribution in [3.05, 3.63) is 23.9 Å². The van der Waals surface area contributed by atoms with Gasteiger partial charge in [0, 0.05) is 24.8 Å². The third-order valence-corrected chi connectivity index (χ3v) is 3.02. The van der Waals surface area contributed by atoms with Gasteiger partial charge >= 0.3 is 0 Å². The van der Waals surface area contributed by atoms with Crippen molar-refractivity contribution in [2.45, 2.75) is 32.0 Å². The number of pyridine rings is 1. The van der Waals surface area contributed by atoms with Gasteiger partial charge in [-0.15, -0.1) is 0 Å². The van der Waals surface area contributed by atoms with Crippen molar-refractivity contribution in [2.75, 3.05) is 18.0 Å². The first kappa shape index (κ1) is 11.4. The number of aliphatic hydroxyl groups is 2. The molecule has 1 aromatic rings. The molecule has 1 saturated heterocycles. The molecule has 4 heteroatoms. The largest absolute Gasteiger partial charge is 0.389 e. The molecule has 1 fully saturated rings. The monoisotopic (exact) mass is 222 g/mol. The Labute approximate surface area is 95.5 Å². The lowest BCUT2D eigenvalue weighted by Gasteiger charge is -2.23. The van der Waals surface area contributed by atoms with Gasteiger partial charge in [0.05, 0.1) is 11.7 Å². The smallest absolute Gasteiger partial charge is 0.134 e. The number of hydrogen-bond donors (Lipinski definition) is 2. The van der Waals surface area contributed by atoms with Gasteiger partial charge in [-0.05, 0) is 26.3 Å². The second kappa shape index (κ2) is 4.03. The molecule has 0 bridgehead atoms. The summed E-state index contributed by atoms with van der Waals surface area (Å²) >= 11 is 0. The summed E-state index contributed by atoms with van der Waals surface area (Å²) in [7, 11) is 0. The van der Waals surface area contributed by atoms with Crippen molar-refractivity contribution in [3.8, 4) is 0 Å². The van der Waals surface area contributed by atoms with E-state index < -0.39 is 11.7 Å². The van der Waals surface area contributed by atoms with Crippen LogP contribution in [0.2, 0.25) is 0 Å². The minimum atomic E-state index is -0.645. The molecule has 2 N–H and O–H groups in total. The van der Waals surface area contributed by atoms with Gasteiger partial charge in [0.15, 0.2) is 0 Å². The molecule has 0 saturated carbocycles. The first-order valence-corrected chi connectivity index (χ1v) is 5.60. The molecular formula is C12H18N2O2. The van der Waals surface area contributed by atoms with Crippen LogP contribution < -0.4 is 4.90 Å². The van der Waals surface area contributed by atoms with Crippen molar-refractivity contribution in [3.63, 3.8) is 0 Å². The Morgan fingerprint density at radius 1 is 1.56 bits per heavy atom. The van der Waals surface area contributed by atoms with E-state index in [2.05, 4.69) is 4.98 Å². The number of anilines is 1. The topological polar surface area (TPSA) is 56.6 Å². The van der Waals surface area contributed by atoms with Gasteiger partial charge < -0.3 is 15.1 Å². The third kappa shape index (κ3) is 2.18. The Bertz CT molecular complexity index is 377. The first-order valence-electron chi connectivity index (χ1n) is 5.60. The molecule has 0 amide bonds. The Kier molecular flexibility index (Phi) is 2.86. The maximum atomic E-state index is 9.92. The summed E-state index contributed by atoms with van der Waals surface area (Å²) in [6, 6.07) is 3.69. The van der Waals surface area contributed by atoms with Crippen LogP contribution in [-0.2, 0) is 0 Å². The lowest BCUT2D eigenvalue weighted by Crippen LogP contribution is -2.30. The Morgan fingerprint density at radius 2 is 2.31 bits per heavy atom. The second-order valence-corrected chi connectivity index (χ2v) is 4.76. The molecule has 0 spiro atoms. The number of aromatic nitrogens is 1. The standard InChI is InChI=1S/C12H18N2O2/c1-9(15)10-4-3-6-13-11(10)14-7-5-12(2,16)8-14/h3-4,6,9,15-16H,5,7-8H2,1-2H3. The van der Waals surface area contributed by atoms with E-state index in [0.717, 1.165) is 24.3 Å². The molecule has 0 aliphatic carbocycles. The van der Waals surface area contributed by atoms with Crippen LogP contribution in [0.5, 0.6) is 0 Å². The molecule has 4 nitrogen and oxygen atoms in total. The van der Waals surface area contributed by atoms with Crippen LogP contribution in [0, 0.1) is 0 Å². The van der Waals surface area contributed by atoms with Gasteiger partial charge in [-0.1, -0.05) is 6.07 Å². The van der Waals surface area contributed by atoms with Crippen LogP contribution in [-0.4, -0.2) is 33.9 Å². The molecule has 2 atom stereocenters. The lowest BCUT2D eigenvalue weighted by atomic mass is 10.1. The summed E-state index contributed by atoms with van der Waals surface area (Å²) in [4.78, 5) is 6.33. The van der Waals surface area contributed by atoms with Crippen molar-refractivity contribution in [1.82, 2.24) is 4.98 Å². The van der Waals surface area contributed by atoms with E-state index in [1.54, 1.807) is 13.1 Å². The molecule has 16 heavy (non-hydrogen) atoms. The molecule has 1 aliphatic rings. The fourth-order valence-electron chi connectivity index (χ4n) is 2.13. The maximum Gasteiger partial charge on any atom is 0.134 e. The highest BCUT2D eigenvalue weighted by atomic mass is 16.3. The minimum Gasteiger partial charge on any atom is -0.389 e. The van der Waals surface area contributed by atoms with Crippen molar-refractivity contribution in [2.24, 2.45) is 0 Å². The highest BCUT2D eigenvalue weighted by molar-refractivity contribution is 5.49. The van der Waals surface area contributed by atoms with Crippen molar-refractivity contribution in [1.29, 1.82) is 0 Å². The van der Waals surface area contributed by atoms with E-state index in [1.807, 2.05) is 24.0 Å². The predicted octanol–water partition coefficient (Wildman–Crippen LogP) is 1.10. The minimum absolute atomic E-state index is 0.533. The molecule has 88 valence electrons. The molecule has 2 heterocycles. The van der Waals surface area contributed by atoms with Gasteiger partial charge in [-0.3, -0.25) is 0 Å². The van der Waals surface area contributed by atoms with E-state index in [-0.39, 0.29) is 0 Å². The SMILES string of the molecule is CC(O)c1cccnc1N1CCC(C)(O)C1. The van der Waals surface area contributed by atoms with E-state index in [1.165, 1.54) is 0 Å². The van der Waals surface area contributed by atoms with E-state index in [0.29, 0.717) is 6.54 Å². The van der Waals surface area contributed by atoms with Gasteiger partial charge in [0.1, 0.15) is 5.82 Å². The molecular weight excluding hydrogens is 204 g/mol. The molecule has 2 rings (SSSR count). The number of β-amino-alcohol motifs (C(OH)–C–C–N with tert-alkyl or cyclic N) is 1. The lowest BCUT2D eigenvalue weighted by molar-refractivity contribution is 0.0838. The first-order chi connectivity index (χ1) is 7.49. The van der Waals surface area contributed by atoms with Gasteiger partial charge in [0.2, 0.25) is 0 Å². The highest BCUT2D eigenvalue weighted by Gasteiger charge is 2.33. The van der Waals surface area contributed by atoms with Crippen LogP contribution in [0.3, 0.4) is 0 Å². The number of rotatable bonds is 2. The van der Waals surface area contributed by atoms with E-state index in [4.69, 9.17) is 0 Å². The number of hydrogen-bond acceptors (Lipinski definition) is 4. The van der Waals surface area contributed by atoms with Crippen LogP contribution in [0.1, 0.15) is 31.9 Å². The van der Waals surface area contributed by atoms with Crippen LogP contribution >= 0.6 is 0 Å². The quantitative estimate of drug-likeness (QED) is 0.786. The summed E-state index contributed by atoms with van der Waals surface area (Å²) in [6.07, 6.45) is 1.92. The number of aliphatic hydroxyl groups excluding tert-OH is 1.